The first-order chi connectivity index (χ1) is 6.74. The van der Waals surface area contributed by atoms with Crippen LogP contribution in [0.25, 0.3) is 0 Å². The third kappa shape index (κ3) is 1.29. The molecule has 1 heterocycles. The van der Waals surface area contributed by atoms with Crippen LogP contribution in [0, 0.1) is 0 Å². The summed E-state index contributed by atoms with van der Waals surface area (Å²) in [6, 6.07) is 3.56. The Kier molecular flexibility index (Phi) is 2.25. The molecule has 0 aliphatic carbocycles. The topological polar surface area (TPSA) is 55.4 Å². The maximum absolute atomic E-state index is 11.3. The lowest BCUT2D eigenvalue weighted by Crippen LogP contribution is -2.03. The standard InChI is InChI=1S/C9H6BrNO3/c10-6-2-1-5-3-14-9(13)7(5)8(6)11-4-12/h1-2,4H,3H2,(H,11,12). The first kappa shape index (κ1) is 9.21. The van der Waals surface area contributed by atoms with Gasteiger partial charge in [-0.1, -0.05) is 6.07 Å². The number of cyclic esters (lactones) is 1. The number of esters is 1. The molecule has 1 amide bonds. The van der Waals surface area contributed by atoms with Crippen molar-refractivity contribution in [2.24, 2.45) is 0 Å². The van der Waals surface area contributed by atoms with E-state index in [-0.39, 0.29) is 6.61 Å². The maximum atomic E-state index is 11.3. The van der Waals surface area contributed by atoms with Gasteiger partial charge in [0.15, 0.2) is 0 Å². The van der Waals surface area contributed by atoms with Gasteiger partial charge in [0.2, 0.25) is 6.41 Å². The summed E-state index contributed by atoms with van der Waals surface area (Å²) >= 11 is 3.25. The molecule has 0 fully saturated rings. The fourth-order valence-electron chi connectivity index (χ4n) is 1.39. The number of carbonyl (C=O) groups is 2. The van der Waals surface area contributed by atoms with Gasteiger partial charge in [0, 0.05) is 10.0 Å². The monoisotopic (exact) mass is 255 g/mol. The molecule has 14 heavy (non-hydrogen) atoms. The minimum absolute atomic E-state index is 0.273. The number of amides is 1. The molecule has 1 aromatic carbocycles. The van der Waals surface area contributed by atoms with E-state index >= 15 is 0 Å². The zero-order valence-corrected chi connectivity index (χ0v) is 8.63. The van der Waals surface area contributed by atoms with E-state index in [2.05, 4.69) is 21.2 Å². The average Bonchev–Trinajstić information content (AvgIpc) is 2.53. The fourth-order valence-corrected chi connectivity index (χ4v) is 1.83. The minimum atomic E-state index is -0.398. The summed E-state index contributed by atoms with van der Waals surface area (Å²) in [5, 5.41) is 2.48. The summed E-state index contributed by atoms with van der Waals surface area (Å²) in [6.45, 7) is 0.273. The van der Waals surface area contributed by atoms with Crippen LogP contribution in [0.2, 0.25) is 0 Å². The predicted octanol–water partition coefficient (Wildman–Crippen LogP) is 1.69. The third-order valence-electron chi connectivity index (χ3n) is 2.01. The molecular weight excluding hydrogens is 250 g/mol. The van der Waals surface area contributed by atoms with E-state index < -0.39 is 5.97 Å². The molecule has 0 radical (unpaired) electrons. The quantitative estimate of drug-likeness (QED) is 0.647. The van der Waals surface area contributed by atoms with Crippen molar-refractivity contribution in [1.82, 2.24) is 0 Å². The van der Waals surface area contributed by atoms with E-state index in [9.17, 15) is 9.59 Å². The van der Waals surface area contributed by atoms with Crippen molar-refractivity contribution in [3.63, 3.8) is 0 Å². The molecule has 72 valence electrons. The van der Waals surface area contributed by atoms with E-state index in [1.165, 1.54) is 0 Å². The molecule has 0 bridgehead atoms. The molecule has 0 aromatic heterocycles. The van der Waals surface area contributed by atoms with Crippen LogP contribution in [0.3, 0.4) is 0 Å². The zero-order valence-electron chi connectivity index (χ0n) is 7.04. The third-order valence-corrected chi connectivity index (χ3v) is 2.67. The van der Waals surface area contributed by atoms with Crippen LogP contribution in [-0.2, 0) is 16.1 Å². The van der Waals surface area contributed by atoms with Crippen LogP contribution in [-0.4, -0.2) is 12.4 Å². The molecule has 0 spiro atoms. The number of rotatable bonds is 2. The Balaban J connectivity index is 2.61. The van der Waals surface area contributed by atoms with E-state index in [4.69, 9.17) is 4.74 Å². The van der Waals surface area contributed by atoms with E-state index in [1.807, 2.05) is 0 Å². The Bertz CT molecular complexity index is 417. The van der Waals surface area contributed by atoms with Gasteiger partial charge in [0.1, 0.15) is 6.61 Å². The molecule has 1 aliphatic heterocycles. The predicted molar refractivity (Wildman–Crippen MR) is 52.9 cm³/mol. The number of anilines is 1. The summed E-state index contributed by atoms with van der Waals surface area (Å²) in [5.41, 5.74) is 1.70. The Morgan fingerprint density at radius 1 is 1.50 bits per heavy atom. The van der Waals surface area contributed by atoms with Crippen LogP contribution < -0.4 is 5.32 Å². The summed E-state index contributed by atoms with van der Waals surface area (Å²) in [7, 11) is 0. The second-order valence-electron chi connectivity index (χ2n) is 2.79. The van der Waals surface area contributed by atoms with Gasteiger partial charge < -0.3 is 10.1 Å². The van der Waals surface area contributed by atoms with Crippen LogP contribution in [0.1, 0.15) is 15.9 Å². The van der Waals surface area contributed by atoms with E-state index in [0.717, 1.165) is 5.56 Å². The number of nitrogens with one attached hydrogen (secondary N) is 1. The Morgan fingerprint density at radius 2 is 2.29 bits per heavy atom. The van der Waals surface area contributed by atoms with Crippen molar-refractivity contribution in [1.29, 1.82) is 0 Å². The second kappa shape index (κ2) is 3.42. The maximum Gasteiger partial charge on any atom is 0.341 e. The van der Waals surface area contributed by atoms with Crippen molar-refractivity contribution in [3.8, 4) is 0 Å². The highest BCUT2D eigenvalue weighted by molar-refractivity contribution is 9.10. The molecule has 0 saturated heterocycles. The van der Waals surface area contributed by atoms with Crippen molar-refractivity contribution >= 4 is 34.0 Å². The highest BCUT2D eigenvalue weighted by Gasteiger charge is 2.25. The van der Waals surface area contributed by atoms with Crippen LogP contribution in [0.15, 0.2) is 16.6 Å². The molecule has 5 heteroatoms. The molecular formula is C9H6BrNO3. The zero-order chi connectivity index (χ0) is 10.1. The molecule has 0 unspecified atom stereocenters. The second-order valence-corrected chi connectivity index (χ2v) is 3.65. The van der Waals surface area contributed by atoms with Gasteiger partial charge in [0.25, 0.3) is 0 Å². The molecule has 2 rings (SSSR count). The number of fused-ring (bicyclic) bond motifs is 1. The van der Waals surface area contributed by atoms with Crippen molar-refractivity contribution in [3.05, 3.63) is 27.7 Å². The Labute approximate surface area is 88.4 Å². The average molecular weight is 256 g/mol. The van der Waals surface area contributed by atoms with Gasteiger partial charge in [0.05, 0.1) is 11.3 Å². The van der Waals surface area contributed by atoms with Gasteiger partial charge in [-0.2, -0.15) is 0 Å². The smallest absolute Gasteiger partial charge is 0.341 e. The van der Waals surface area contributed by atoms with Crippen LogP contribution in [0.5, 0.6) is 0 Å². The molecule has 1 aromatic rings. The molecule has 0 atom stereocenters. The lowest BCUT2D eigenvalue weighted by molar-refractivity contribution is -0.105. The molecule has 0 saturated carbocycles. The van der Waals surface area contributed by atoms with Gasteiger partial charge >= 0.3 is 5.97 Å². The number of carbonyl (C=O) groups excluding carboxylic acids is 2. The van der Waals surface area contributed by atoms with Crippen molar-refractivity contribution < 1.29 is 14.3 Å². The lowest BCUT2D eigenvalue weighted by Gasteiger charge is -2.05. The van der Waals surface area contributed by atoms with Crippen molar-refractivity contribution in [2.45, 2.75) is 6.61 Å². The summed E-state index contributed by atoms with van der Waals surface area (Å²) < 4.78 is 5.52. The van der Waals surface area contributed by atoms with E-state index in [0.29, 0.717) is 22.1 Å². The molecule has 1 N–H and O–H groups in total. The first-order valence-electron chi connectivity index (χ1n) is 3.92. The summed E-state index contributed by atoms with van der Waals surface area (Å²) in [5.74, 6) is -0.398. The number of halogens is 1. The Hall–Kier alpha value is -1.36. The normalized spacial score (nSPS) is 13.4. The molecule has 4 nitrogen and oxygen atoms in total. The number of hydrogen-bond donors (Lipinski definition) is 1. The minimum Gasteiger partial charge on any atom is -0.457 e. The number of hydrogen-bond acceptors (Lipinski definition) is 3. The summed E-state index contributed by atoms with van der Waals surface area (Å²) in [4.78, 5) is 21.7. The first-order valence-corrected chi connectivity index (χ1v) is 4.72. The summed E-state index contributed by atoms with van der Waals surface area (Å²) in [6.07, 6.45) is 0.534. The highest BCUT2D eigenvalue weighted by atomic mass is 79.9. The van der Waals surface area contributed by atoms with Crippen LogP contribution in [0.4, 0.5) is 5.69 Å². The van der Waals surface area contributed by atoms with Gasteiger partial charge in [-0.3, -0.25) is 4.79 Å². The van der Waals surface area contributed by atoms with E-state index in [1.54, 1.807) is 12.1 Å². The SMILES string of the molecule is O=CNc1c(Br)ccc2c1C(=O)OC2. The largest absolute Gasteiger partial charge is 0.457 e. The lowest BCUT2D eigenvalue weighted by atomic mass is 10.1. The van der Waals surface area contributed by atoms with Gasteiger partial charge in [-0.15, -0.1) is 0 Å². The molecule has 1 aliphatic rings. The number of ether oxygens (including phenoxy) is 1. The highest BCUT2D eigenvalue weighted by Crippen LogP contribution is 2.33. The van der Waals surface area contributed by atoms with Crippen LogP contribution >= 0.6 is 15.9 Å². The van der Waals surface area contributed by atoms with Crippen molar-refractivity contribution in [2.75, 3.05) is 5.32 Å². The Morgan fingerprint density at radius 3 is 3.00 bits per heavy atom. The fraction of sp³-hybridized carbons (Fsp3) is 0.111. The number of benzene rings is 1. The van der Waals surface area contributed by atoms with Gasteiger partial charge in [-0.25, -0.2) is 4.79 Å². The van der Waals surface area contributed by atoms with Gasteiger partial charge in [-0.05, 0) is 22.0 Å².